The van der Waals surface area contributed by atoms with Gasteiger partial charge in [-0.15, -0.1) is 0 Å². The van der Waals surface area contributed by atoms with E-state index < -0.39 is 11.6 Å². The molecule has 1 aliphatic heterocycles. The summed E-state index contributed by atoms with van der Waals surface area (Å²) in [5.74, 6) is -0.996. The number of pyridine rings is 2. The standard InChI is InChI=1S/C18H19FN4O2/c19-18(17(25)22-11-14-4-8-20-9-5-14)6-2-10-23(13-18)16(24)15-3-1-7-21-12-15/h1,3-5,7-9,12H,2,6,10-11,13H2,(H,22,25). The van der Waals surface area contributed by atoms with Crippen LogP contribution in [0.2, 0.25) is 0 Å². The number of carbonyl (C=O) groups is 2. The molecule has 6 nitrogen and oxygen atoms in total. The van der Waals surface area contributed by atoms with Crippen LogP contribution >= 0.6 is 0 Å². The minimum Gasteiger partial charge on any atom is -0.349 e. The number of nitrogens with zero attached hydrogens (tertiary/aromatic N) is 3. The van der Waals surface area contributed by atoms with E-state index in [2.05, 4.69) is 15.3 Å². The van der Waals surface area contributed by atoms with Gasteiger partial charge in [-0.2, -0.15) is 0 Å². The largest absolute Gasteiger partial charge is 0.349 e. The van der Waals surface area contributed by atoms with Crippen LogP contribution in [0.4, 0.5) is 4.39 Å². The lowest BCUT2D eigenvalue weighted by molar-refractivity contribution is -0.136. The molecule has 1 aliphatic rings. The Morgan fingerprint density at radius 1 is 1.20 bits per heavy atom. The fourth-order valence-electron chi connectivity index (χ4n) is 2.88. The highest BCUT2D eigenvalue weighted by molar-refractivity contribution is 5.95. The summed E-state index contributed by atoms with van der Waals surface area (Å²) in [6.07, 6.45) is 6.78. The van der Waals surface area contributed by atoms with Crippen molar-refractivity contribution in [2.75, 3.05) is 13.1 Å². The van der Waals surface area contributed by atoms with E-state index in [1.54, 1.807) is 42.9 Å². The quantitative estimate of drug-likeness (QED) is 0.918. The third-order valence-corrected chi connectivity index (χ3v) is 4.25. The molecule has 0 radical (unpaired) electrons. The van der Waals surface area contributed by atoms with E-state index in [0.717, 1.165) is 5.56 Å². The van der Waals surface area contributed by atoms with Gasteiger partial charge in [0.2, 0.25) is 5.67 Å². The number of halogens is 1. The monoisotopic (exact) mass is 342 g/mol. The molecule has 1 fully saturated rings. The Hall–Kier alpha value is -2.83. The molecule has 0 bridgehead atoms. The summed E-state index contributed by atoms with van der Waals surface area (Å²) < 4.78 is 15.2. The van der Waals surface area contributed by atoms with Gasteiger partial charge in [0.05, 0.1) is 12.1 Å². The Morgan fingerprint density at radius 2 is 2.00 bits per heavy atom. The van der Waals surface area contributed by atoms with Crippen molar-refractivity contribution < 1.29 is 14.0 Å². The number of carbonyl (C=O) groups excluding carboxylic acids is 2. The Morgan fingerprint density at radius 3 is 2.72 bits per heavy atom. The van der Waals surface area contributed by atoms with Crippen LogP contribution in [-0.2, 0) is 11.3 Å². The lowest BCUT2D eigenvalue weighted by Gasteiger charge is -2.36. The van der Waals surface area contributed by atoms with Crippen molar-refractivity contribution in [3.05, 3.63) is 60.2 Å². The van der Waals surface area contributed by atoms with Gasteiger partial charge < -0.3 is 10.2 Å². The van der Waals surface area contributed by atoms with Crippen LogP contribution in [0, 0.1) is 0 Å². The third-order valence-electron chi connectivity index (χ3n) is 4.25. The van der Waals surface area contributed by atoms with Crippen molar-refractivity contribution in [2.45, 2.75) is 25.1 Å². The number of nitrogens with one attached hydrogen (secondary N) is 1. The zero-order chi connectivity index (χ0) is 17.7. The van der Waals surface area contributed by atoms with Crippen LogP contribution in [0.15, 0.2) is 49.1 Å². The molecular formula is C18H19FN4O2. The first-order valence-electron chi connectivity index (χ1n) is 8.14. The number of hydrogen-bond acceptors (Lipinski definition) is 4. The molecular weight excluding hydrogens is 323 g/mol. The van der Waals surface area contributed by atoms with Gasteiger partial charge in [0.25, 0.3) is 11.8 Å². The molecule has 0 aliphatic carbocycles. The number of piperidine rings is 1. The third kappa shape index (κ3) is 3.99. The highest BCUT2D eigenvalue weighted by atomic mass is 19.1. The van der Waals surface area contributed by atoms with E-state index in [1.807, 2.05) is 0 Å². The number of rotatable bonds is 4. The van der Waals surface area contributed by atoms with Crippen molar-refractivity contribution in [3.8, 4) is 0 Å². The first-order chi connectivity index (χ1) is 12.1. The summed E-state index contributed by atoms with van der Waals surface area (Å²) in [5, 5.41) is 2.62. The second-order valence-corrected chi connectivity index (χ2v) is 6.08. The number of likely N-dealkylation sites (tertiary alicyclic amines) is 1. The summed E-state index contributed by atoms with van der Waals surface area (Å²) in [6.45, 7) is 0.406. The molecule has 0 spiro atoms. The smallest absolute Gasteiger partial charge is 0.259 e. The van der Waals surface area contributed by atoms with Crippen LogP contribution in [0.5, 0.6) is 0 Å². The maximum Gasteiger partial charge on any atom is 0.259 e. The zero-order valence-electron chi connectivity index (χ0n) is 13.7. The predicted octanol–water partition coefficient (Wildman–Crippen LogP) is 1.74. The van der Waals surface area contributed by atoms with Gasteiger partial charge in [-0.3, -0.25) is 19.6 Å². The van der Waals surface area contributed by atoms with Crippen LogP contribution < -0.4 is 5.32 Å². The maximum atomic E-state index is 15.2. The van der Waals surface area contributed by atoms with Crippen molar-refractivity contribution in [1.82, 2.24) is 20.2 Å². The molecule has 2 aromatic rings. The molecule has 130 valence electrons. The predicted molar refractivity (Wildman–Crippen MR) is 89.3 cm³/mol. The van der Waals surface area contributed by atoms with E-state index in [0.29, 0.717) is 18.5 Å². The van der Waals surface area contributed by atoms with E-state index in [9.17, 15) is 9.59 Å². The van der Waals surface area contributed by atoms with Crippen LogP contribution in [0.25, 0.3) is 0 Å². The first-order valence-corrected chi connectivity index (χ1v) is 8.14. The van der Waals surface area contributed by atoms with Gasteiger partial charge in [-0.1, -0.05) is 0 Å². The number of hydrogen-bond donors (Lipinski definition) is 1. The lowest BCUT2D eigenvalue weighted by atomic mass is 9.93. The van der Waals surface area contributed by atoms with Gasteiger partial charge in [-0.05, 0) is 42.7 Å². The van der Waals surface area contributed by atoms with Gasteiger partial charge in [0, 0.05) is 37.9 Å². The summed E-state index contributed by atoms with van der Waals surface area (Å²) in [4.78, 5) is 34.0. The molecule has 25 heavy (non-hydrogen) atoms. The maximum absolute atomic E-state index is 15.2. The Bertz CT molecular complexity index is 741. The van der Waals surface area contributed by atoms with Crippen LogP contribution in [0.1, 0.15) is 28.8 Å². The number of amides is 2. The summed E-state index contributed by atoms with van der Waals surface area (Å²) in [6, 6.07) is 6.79. The molecule has 7 heteroatoms. The fourth-order valence-corrected chi connectivity index (χ4v) is 2.88. The normalized spacial score (nSPS) is 20.1. The lowest BCUT2D eigenvalue weighted by Crippen LogP contribution is -2.55. The van der Waals surface area contributed by atoms with E-state index >= 15 is 4.39 Å². The summed E-state index contributed by atoms with van der Waals surface area (Å²) in [7, 11) is 0. The first kappa shape index (κ1) is 17.0. The van der Waals surface area contributed by atoms with Crippen molar-refractivity contribution in [1.29, 1.82) is 0 Å². The molecule has 3 rings (SSSR count). The molecule has 0 aromatic carbocycles. The number of aromatic nitrogens is 2. The van der Waals surface area contributed by atoms with Gasteiger partial charge in [0.15, 0.2) is 0 Å². The molecule has 1 atom stereocenters. The molecule has 2 aromatic heterocycles. The molecule has 1 N–H and O–H groups in total. The summed E-state index contributed by atoms with van der Waals surface area (Å²) in [5.41, 5.74) is -0.849. The average Bonchev–Trinajstić information content (AvgIpc) is 2.67. The molecule has 0 saturated carbocycles. The second-order valence-electron chi connectivity index (χ2n) is 6.08. The Kier molecular flexibility index (Phi) is 5.02. The SMILES string of the molecule is O=C(c1cccnc1)N1CCCC(F)(C(=O)NCc2ccncc2)C1. The minimum absolute atomic E-state index is 0.103. The molecule has 1 saturated heterocycles. The topological polar surface area (TPSA) is 75.2 Å². The van der Waals surface area contributed by atoms with Gasteiger partial charge in [0.1, 0.15) is 0 Å². The highest BCUT2D eigenvalue weighted by Gasteiger charge is 2.43. The zero-order valence-corrected chi connectivity index (χ0v) is 13.7. The van der Waals surface area contributed by atoms with E-state index in [-0.39, 0.29) is 25.4 Å². The van der Waals surface area contributed by atoms with Crippen molar-refractivity contribution in [3.63, 3.8) is 0 Å². The van der Waals surface area contributed by atoms with Gasteiger partial charge in [-0.25, -0.2) is 4.39 Å². The van der Waals surface area contributed by atoms with Crippen molar-refractivity contribution >= 4 is 11.8 Å². The van der Waals surface area contributed by atoms with Crippen molar-refractivity contribution in [2.24, 2.45) is 0 Å². The number of alkyl halides is 1. The fraction of sp³-hybridized carbons (Fsp3) is 0.333. The Balaban J connectivity index is 1.64. The Labute approximate surface area is 145 Å². The molecule has 2 amide bonds. The van der Waals surface area contributed by atoms with E-state index in [4.69, 9.17) is 0 Å². The van der Waals surface area contributed by atoms with Crippen LogP contribution in [0.3, 0.4) is 0 Å². The summed E-state index contributed by atoms with van der Waals surface area (Å²) >= 11 is 0. The molecule has 1 unspecified atom stereocenters. The van der Waals surface area contributed by atoms with E-state index in [1.165, 1.54) is 11.1 Å². The van der Waals surface area contributed by atoms with Crippen LogP contribution in [-0.4, -0.2) is 45.4 Å². The molecule has 3 heterocycles. The highest BCUT2D eigenvalue weighted by Crippen LogP contribution is 2.27. The average molecular weight is 342 g/mol. The minimum atomic E-state index is -2.08. The van der Waals surface area contributed by atoms with Gasteiger partial charge >= 0.3 is 0 Å². The second kappa shape index (κ2) is 7.38.